The molecule has 2 aromatic rings. The lowest BCUT2D eigenvalue weighted by Crippen LogP contribution is -2.38. The van der Waals surface area contributed by atoms with Crippen molar-refractivity contribution in [3.05, 3.63) is 71.4 Å². The SMILES string of the molecule is C1=COc2ccccc2N1.C1=c2ccccc2=CNN1. The zero-order valence-electron chi connectivity index (χ0n) is 10.8. The number of rotatable bonds is 0. The number of anilines is 1. The van der Waals surface area contributed by atoms with E-state index in [1.54, 1.807) is 12.5 Å². The normalized spacial score (nSPS) is 13.2. The van der Waals surface area contributed by atoms with Crippen LogP contribution in [0.15, 0.2) is 61.0 Å². The van der Waals surface area contributed by atoms with Gasteiger partial charge in [-0.05, 0) is 12.1 Å². The predicted molar refractivity (Wildman–Crippen MR) is 80.7 cm³/mol. The minimum absolute atomic E-state index is 0.880. The molecule has 4 heteroatoms. The van der Waals surface area contributed by atoms with Crippen molar-refractivity contribution < 1.29 is 4.74 Å². The van der Waals surface area contributed by atoms with Gasteiger partial charge in [-0.1, -0.05) is 36.4 Å². The summed E-state index contributed by atoms with van der Waals surface area (Å²) >= 11 is 0. The fraction of sp³-hybridized carbons (Fsp3) is 0. The fourth-order valence-corrected chi connectivity index (χ4v) is 1.93. The summed E-state index contributed by atoms with van der Waals surface area (Å²) in [6.45, 7) is 0. The summed E-state index contributed by atoms with van der Waals surface area (Å²) in [7, 11) is 0. The van der Waals surface area contributed by atoms with Crippen molar-refractivity contribution in [2.75, 3.05) is 5.32 Å². The van der Waals surface area contributed by atoms with Gasteiger partial charge in [-0.2, -0.15) is 0 Å². The minimum Gasteiger partial charge on any atom is -0.461 e. The maximum Gasteiger partial charge on any atom is 0.150 e. The maximum atomic E-state index is 5.18. The van der Waals surface area contributed by atoms with Gasteiger partial charge in [-0.25, -0.2) is 0 Å². The Labute approximate surface area is 117 Å². The molecule has 0 amide bonds. The smallest absolute Gasteiger partial charge is 0.150 e. The van der Waals surface area contributed by atoms with Gasteiger partial charge in [0.25, 0.3) is 0 Å². The van der Waals surface area contributed by atoms with Gasteiger partial charge in [0.15, 0.2) is 0 Å². The second-order valence-corrected chi connectivity index (χ2v) is 4.27. The standard InChI is InChI=1S/C8H8N2.C8H7NO/c1-2-4-8-6-10-9-5-7(8)3-1;1-2-4-8-7(3-1)9-5-6-10-8/h1-6,9-10H;1-6,9H. The first-order chi connectivity index (χ1) is 9.93. The van der Waals surface area contributed by atoms with E-state index in [0.717, 1.165) is 11.4 Å². The number of para-hydroxylation sites is 2. The molecule has 0 spiro atoms. The van der Waals surface area contributed by atoms with E-state index in [0.29, 0.717) is 0 Å². The van der Waals surface area contributed by atoms with Crippen molar-refractivity contribution in [1.82, 2.24) is 10.9 Å². The van der Waals surface area contributed by atoms with Gasteiger partial charge >= 0.3 is 0 Å². The molecule has 3 N–H and O–H groups in total. The molecule has 2 heterocycles. The van der Waals surface area contributed by atoms with Crippen molar-refractivity contribution >= 4 is 18.1 Å². The van der Waals surface area contributed by atoms with Crippen molar-refractivity contribution in [2.24, 2.45) is 0 Å². The predicted octanol–water partition coefficient (Wildman–Crippen LogP) is 1.23. The summed E-state index contributed by atoms with van der Waals surface area (Å²) < 4.78 is 5.18. The van der Waals surface area contributed by atoms with Crippen molar-refractivity contribution in [1.29, 1.82) is 0 Å². The zero-order chi connectivity index (χ0) is 13.6. The second-order valence-electron chi connectivity index (χ2n) is 4.27. The maximum absolute atomic E-state index is 5.18. The van der Waals surface area contributed by atoms with E-state index in [1.807, 2.05) is 48.8 Å². The number of nitrogens with one attached hydrogen (secondary N) is 3. The summed E-state index contributed by atoms with van der Waals surface area (Å²) in [6.07, 6.45) is 7.27. The van der Waals surface area contributed by atoms with E-state index in [1.165, 1.54) is 10.4 Å². The molecule has 20 heavy (non-hydrogen) atoms. The quantitative estimate of drug-likeness (QED) is 0.670. The highest BCUT2D eigenvalue weighted by Gasteiger charge is 2.01. The van der Waals surface area contributed by atoms with Gasteiger partial charge < -0.3 is 20.9 Å². The first-order valence-electron chi connectivity index (χ1n) is 6.37. The summed E-state index contributed by atoms with van der Waals surface area (Å²) in [5, 5.41) is 5.50. The van der Waals surface area contributed by atoms with Crippen LogP contribution in [0.4, 0.5) is 5.69 Å². The molecule has 0 radical (unpaired) electrons. The minimum atomic E-state index is 0.880. The lowest BCUT2D eigenvalue weighted by Gasteiger charge is -2.11. The van der Waals surface area contributed by atoms with Crippen LogP contribution in [0.1, 0.15) is 0 Å². The van der Waals surface area contributed by atoms with Crippen molar-refractivity contribution in [3.63, 3.8) is 0 Å². The first kappa shape index (κ1) is 12.2. The lowest BCUT2D eigenvalue weighted by molar-refractivity contribution is 0.477. The third kappa shape index (κ3) is 2.75. The monoisotopic (exact) mass is 265 g/mol. The molecule has 4 rings (SSSR count). The molecule has 2 aliphatic heterocycles. The van der Waals surface area contributed by atoms with E-state index in [4.69, 9.17) is 4.74 Å². The number of hydrogen-bond donors (Lipinski definition) is 3. The Bertz CT molecular complexity index is 675. The van der Waals surface area contributed by atoms with E-state index >= 15 is 0 Å². The molecule has 0 aliphatic carbocycles. The van der Waals surface area contributed by atoms with E-state index < -0.39 is 0 Å². The summed E-state index contributed by atoms with van der Waals surface area (Å²) in [4.78, 5) is 0. The van der Waals surface area contributed by atoms with Gasteiger partial charge in [0.05, 0.1) is 5.69 Å². The molecular weight excluding hydrogens is 250 g/mol. The van der Waals surface area contributed by atoms with E-state index in [-0.39, 0.29) is 0 Å². The molecule has 0 fully saturated rings. The van der Waals surface area contributed by atoms with E-state index in [9.17, 15) is 0 Å². The summed E-state index contributed by atoms with van der Waals surface area (Å²) in [6, 6.07) is 16.0. The highest BCUT2D eigenvalue weighted by Crippen LogP contribution is 2.25. The molecule has 0 saturated carbocycles. The lowest BCUT2D eigenvalue weighted by atomic mass is 10.2. The number of hydrogen-bond acceptors (Lipinski definition) is 4. The largest absolute Gasteiger partial charge is 0.461 e. The number of fused-ring (bicyclic) bond motifs is 2. The van der Waals surface area contributed by atoms with Gasteiger partial charge in [-0.3, -0.25) is 0 Å². The second kappa shape index (κ2) is 5.84. The Balaban J connectivity index is 0.000000121. The molecule has 0 aromatic heterocycles. The molecular formula is C16H15N3O. The van der Waals surface area contributed by atoms with Crippen LogP contribution in [0.5, 0.6) is 5.75 Å². The van der Waals surface area contributed by atoms with Gasteiger partial charge in [-0.15, -0.1) is 0 Å². The van der Waals surface area contributed by atoms with Crippen LogP contribution in [0.25, 0.3) is 12.4 Å². The highest BCUT2D eigenvalue weighted by atomic mass is 16.5. The van der Waals surface area contributed by atoms with Gasteiger partial charge in [0, 0.05) is 29.0 Å². The number of ether oxygens (including phenoxy) is 1. The molecule has 2 aromatic carbocycles. The van der Waals surface area contributed by atoms with Gasteiger partial charge in [0.1, 0.15) is 12.0 Å². The Morgan fingerprint density at radius 3 is 2.10 bits per heavy atom. The van der Waals surface area contributed by atoms with Crippen LogP contribution >= 0.6 is 0 Å². The summed E-state index contributed by atoms with van der Waals surface area (Å²) in [5.41, 5.74) is 6.84. The Morgan fingerprint density at radius 2 is 1.40 bits per heavy atom. The fourth-order valence-electron chi connectivity index (χ4n) is 1.93. The molecule has 100 valence electrons. The van der Waals surface area contributed by atoms with Crippen LogP contribution in [-0.4, -0.2) is 0 Å². The van der Waals surface area contributed by atoms with E-state index in [2.05, 4.69) is 28.3 Å². The topological polar surface area (TPSA) is 45.3 Å². The van der Waals surface area contributed by atoms with Crippen LogP contribution < -0.4 is 31.3 Å². The Kier molecular flexibility index (Phi) is 3.55. The Morgan fingerprint density at radius 1 is 0.750 bits per heavy atom. The average Bonchev–Trinajstić information content (AvgIpc) is 2.56. The number of hydrazine groups is 1. The first-order valence-corrected chi connectivity index (χ1v) is 6.37. The zero-order valence-corrected chi connectivity index (χ0v) is 10.8. The molecule has 0 saturated heterocycles. The molecule has 0 atom stereocenters. The van der Waals surface area contributed by atoms with Crippen LogP contribution in [-0.2, 0) is 0 Å². The summed E-state index contributed by atoms with van der Waals surface area (Å²) in [5.74, 6) is 0.880. The van der Waals surface area contributed by atoms with Crippen LogP contribution in [0.3, 0.4) is 0 Å². The van der Waals surface area contributed by atoms with Crippen molar-refractivity contribution in [2.45, 2.75) is 0 Å². The highest BCUT2D eigenvalue weighted by molar-refractivity contribution is 5.59. The Hall–Kier alpha value is -2.88. The van der Waals surface area contributed by atoms with Crippen LogP contribution in [0, 0.1) is 0 Å². The van der Waals surface area contributed by atoms with Crippen LogP contribution in [0.2, 0.25) is 0 Å². The molecule has 4 nitrogen and oxygen atoms in total. The molecule has 0 bridgehead atoms. The molecule has 2 aliphatic rings. The number of benzene rings is 2. The third-order valence-electron chi connectivity index (χ3n) is 2.92. The average molecular weight is 265 g/mol. The van der Waals surface area contributed by atoms with Crippen molar-refractivity contribution in [3.8, 4) is 5.75 Å². The van der Waals surface area contributed by atoms with Gasteiger partial charge in [0.2, 0.25) is 0 Å². The molecule has 0 unspecified atom stereocenters. The third-order valence-corrected chi connectivity index (χ3v) is 2.92.